The Balaban J connectivity index is 1.77. The molecule has 2 aromatic rings. The fourth-order valence-electron chi connectivity index (χ4n) is 3.77. The maximum Gasteiger partial charge on any atom is 0.337 e. The van der Waals surface area contributed by atoms with E-state index in [1.807, 2.05) is 0 Å². The number of aromatic carboxylic acids is 1. The molecule has 8 nitrogen and oxygen atoms in total. The number of nitrogens with zero attached hydrogens (tertiary/aromatic N) is 1. The Morgan fingerprint density at radius 1 is 1.03 bits per heavy atom. The van der Waals surface area contributed by atoms with Gasteiger partial charge in [0.25, 0.3) is 5.91 Å². The highest BCUT2D eigenvalue weighted by atomic mass is 32.2. The second-order valence-corrected chi connectivity index (χ2v) is 9.60. The summed E-state index contributed by atoms with van der Waals surface area (Å²) < 4.78 is 27.3. The molecule has 166 valence electrons. The number of carboxylic acid groups (broad SMARTS) is 1. The lowest BCUT2D eigenvalue weighted by molar-refractivity contribution is 0.0698. The zero-order valence-electron chi connectivity index (χ0n) is 17.6. The number of amides is 1. The van der Waals surface area contributed by atoms with E-state index in [-0.39, 0.29) is 27.8 Å². The first-order chi connectivity index (χ1) is 14.7. The molecule has 0 aliphatic heterocycles. The monoisotopic (exact) mass is 445 g/mol. The predicted molar refractivity (Wildman–Crippen MR) is 119 cm³/mol. The second-order valence-electron chi connectivity index (χ2n) is 7.61. The Morgan fingerprint density at radius 2 is 1.68 bits per heavy atom. The molecule has 1 aliphatic carbocycles. The standard InChI is InChI=1S/C22H27N3O5S/c1-23-16-10-13-20(19(14-16)22(27)28)24-21(26)15-8-11-18(12-9-15)31(29,30)25(2)17-6-4-3-5-7-17/h8-14,17,23H,3-7H2,1-2H3,(H,24,26)(H,27,28). The van der Waals surface area contributed by atoms with Crippen molar-refractivity contribution in [3.05, 3.63) is 53.6 Å². The fraction of sp³-hybridized carbons (Fsp3) is 0.364. The first kappa shape index (κ1) is 22.8. The van der Waals surface area contributed by atoms with Gasteiger partial charge in [0.15, 0.2) is 0 Å². The van der Waals surface area contributed by atoms with Crippen LogP contribution in [0.4, 0.5) is 11.4 Å². The van der Waals surface area contributed by atoms with E-state index in [0.717, 1.165) is 32.1 Å². The van der Waals surface area contributed by atoms with Crippen LogP contribution in [-0.4, -0.2) is 49.8 Å². The van der Waals surface area contributed by atoms with Crippen LogP contribution in [0, 0.1) is 0 Å². The van der Waals surface area contributed by atoms with Crippen molar-refractivity contribution in [1.29, 1.82) is 0 Å². The smallest absolute Gasteiger partial charge is 0.337 e. The van der Waals surface area contributed by atoms with Gasteiger partial charge in [0.1, 0.15) is 0 Å². The van der Waals surface area contributed by atoms with E-state index in [4.69, 9.17) is 0 Å². The molecule has 3 N–H and O–H groups in total. The molecule has 1 saturated carbocycles. The number of sulfonamides is 1. The van der Waals surface area contributed by atoms with Gasteiger partial charge in [0.05, 0.1) is 16.1 Å². The highest BCUT2D eigenvalue weighted by Crippen LogP contribution is 2.27. The first-order valence-electron chi connectivity index (χ1n) is 10.2. The highest BCUT2D eigenvalue weighted by molar-refractivity contribution is 7.89. The molecule has 31 heavy (non-hydrogen) atoms. The summed E-state index contributed by atoms with van der Waals surface area (Å²) in [6.07, 6.45) is 4.90. The van der Waals surface area contributed by atoms with Gasteiger partial charge < -0.3 is 15.7 Å². The van der Waals surface area contributed by atoms with Crippen molar-refractivity contribution in [2.24, 2.45) is 0 Å². The van der Waals surface area contributed by atoms with Gasteiger partial charge in [-0.3, -0.25) is 4.79 Å². The van der Waals surface area contributed by atoms with E-state index >= 15 is 0 Å². The van der Waals surface area contributed by atoms with Crippen molar-refractivity contribution in [3.63, 3.8) is 0 Å². The molecule has 0 unspecified atom stereocenters. The number of benzene rings is 2. The van der Waals surface area contributed by atoms with Crippen molar-refractivity contribution >= 4 is 33.3 Å². The maximum atomic E-state index is 12.9. The van der Waals surface area contributed by atoms with Crippen LogP contribution in [0.1, 0.15) is 52.8 Å². The largest absolute Gasteiger partial charge is 0.478 e. The van der Waals surface area contributed by atoms with E-state index < -0.39 is 21.9 Å². The summed E-state index contributed by atoms with van der Waals surface area (Å²) in [5.74, 6) is -1.69. The molecule has 9 heteroatoms. The number of carbonyl (C=O) groups excluding carboxylic acids is 1. The highest BCUT2D eigenvalue weighted by Gasteiger charge is 2.29. The van der Waals surface area contributed by atoms with Crippen LogP contribution < -0.4 is 10.6 Å². The molecule has 0 radical (unpaired) electrons. The minimum Gasteiger partial charge on any atom is -0.478 e. The Kier molecular flexibility index (Phi) is 6.97. The number of hydrogen-bond acceptors (Lipinski definition) is 5. The molecule has 0 bridgehead atoms. The average molecular weight is 446 g/mol. The quantitative estimate of drug-likeness (QED) is 0.599. The molecule has 0 spiro atoms. The normalized spacial score (nSPS) is 14.9. The number of carboxylic acids is 1. The zero-order valence-corrected chi connectivity index (χ0v) is 18.4. The van der Waals surface area contributed by atoms with Gasteiger partial charge in [-0.25, -0.2) is 13.2 Å². The van der Waals surface area contributed by atoms with E-state index in [2.05, 4.69) is 10.6 Å². The van der Waals surface area contributed by atoms with Crippen LogP contribution in [0.2, 0.25) is 0 Å². The minimum atomic E-state index is -3.65. The lowest BCUT2D eigenvalue weighted by atomic mass is 9.96. The van der Waals surface area contributed by atoms with Gasteiger partial charge in [-0.1, -0.05) is 19.3 Å². The summed E-state index contributed by atoms with van der Waals surface area (Å²) in [5, 5.41) is 14.8. The van der Waals surface area contributed by atoms with E-state index in [1.54, 1.807) is 20.2 Å². The molecule has 1 aliphatic rings. The Bertz CT molecular complexity index is 1060. The van der Waals surface area contributed by atoms with E-state index in [0.29, 0.717) is 5.69 Å². The van der Waals surface area contributed by atoms with Gasteiger partial charge in [0, 0.05) is 31.4 Å². The lowest BCUT2D eigenvalue weighted by Gasteiger charge is -2.30. The van der Waals surface area contributed by atoms with Crippen LogP contribution in [0.5, 0.6) is 0 Å². The van der Waals surface area contributed by atoms with Crippen molar-refractivity contribution in [1.82, 2.24) is 4.31 Å². The summed E-state index contributed by atoms with van der Waals surface area (Å²) in [4.78, 5) is 24.2. The molecule has 1 amide bonds. The second kappa shape index (κ2) is 9.49. The lowest BCUT2D eigenvalue weighted by Crippen LogP contribution is -2.38. The summed E-state index contributed by atoms with van der Waals surface area (Å²) in [6.45, 7) is 0. The predicted octanol–water partition coefficient (Wildman–Crippen LogP) is 3.63. The molecular weight excluding hydrogens is 418 g/mol. The topological polar surface area (TPSA) is 116 Å². The third-order valence-corrected chi connectivity index (χ3v) is 7.59. The Morgan fingerprint density at radius 3 is 2.26 bits per heavy atom. The van der Waals surface area contributed by atoms with Crippen LogP contribution in [0.3, 0.4) is 0 Å². The number of carbonyl (C=O) groups is 2. The van der Waals surface area contributed by atoms with Crippen LogP contribution in [-0.2, 0) is 10.0 Å². The van der Waals surface area contributed by atoms with Crippen LogP contribution in [0.15, 0.2) is 47.4 Å². The first-order valence-corrected chi connectivity index (χ1v) is 11.6. The number of hydrogen-bond donors (Lipinski definition) is 3. The van der Waals surface area contributed by atoms with Gasteiger partial charge in [-0.15, -0.1) is 0 Å². The number of nitrogens with one attached hydrogen (secondary N) is 2. The molecule has 0 heterocycles. The van der Waals surface area contributed by atoms with Gasteiger partial charge in [-0.2, -0.15) is 4.31 Å². The Labute approximate surface area is 182 Å². The van der Waals surface area contributed by atoms with Crippen molar-refractivity contribution in [2.75, 3.05) is 24.7 Å². The molecular formula is C22H27N3O5S. The van der Waals surface area contributed by atoms with Crippen molar-refractivity contribution < 1.29 is 23.1 Å². The third kappa shape index (κ3) is 5.05. The van der Waals surface area contributed by atoms with Gasteiger partial charge in [0.2, 0.25) is 10.0 Å². The number of rotatable bonds is 7. The van der Waals surface area contributed by atoms with Gasteiger partial charge >= 0.3 is 5.97 Å². The Hall–Kier alpha value is -2.91. The van der Waals surface area contributed by atoms with Gasteiger partial charge in [-0.05, 0) is 55.3 Å². The molecule has 3 rings (SSSR count). The average Bonchev–Trinajstić information content (AvgIpc) is 2.79. The molecule has 1 fully saturated rings. The molecule has 2 aromatic carbocycles. The van der Waals surface area contributed by atoms with Crippen molar-refractivity contribution in [2.45, 2.75) is 43.0 Å². The fourth-order valence-corrected chi connectivity index (χ4v) is 5.18. The van der Waals surface area contributed by atoms with Crippen LogP contribution in [0.25, 0.3) is 0 Å². The maximum absolute atomic E-state index is 12.9. The van der Waals surface area contributed by atoms with Crippen molar-refractivity contribution in [3.8, 4) is 0 Å². The third-order valence-electron chi connectivity index (χ3n) is 5.67. The van der Waals surface area contributed by atoms with Crippen LogP contribution >= 0.6 is 0 Å². The summed E-state index contributed by atoms with van der Waals surface area (Å²) in [7, 11) is -0.376. The molecule has 0 saturated heterocycles. The summed E-state index contributed by atoms with van der Waals surface area (Å²) >= 11 is 0. The number of anilines is 2. The minimum absolute atomic E-state index is 0.00301. The van der Waals surface area contributed by atoms with E-state index in [9.17, 15) is 23.1 Å². The SMILES string of the molecule is CNc1ccc(NC(=O)c2ccc(S(=O)(=O)N(C)C3CCCCC3)cc2)c(C(=O)O)c1. The zero-order chi connectivity index (χ0) is 22.6. The summed E-state index contributed by atoms with van der Waals surface area (Å²) in [6, 6.07) is 10.3. The summed E-state index contributed by atoms with van der Waals surface area (Å²) in [5.41, 5.74) is 0.944. The molecule has 0 atom stereocenters. The molecule has 0 aromatic heterocycles. The van der Waals surface area contributed by atoms with E-state index in [1.165, 1.54) is 40.7 Å².